The number of carbonyl (C=O) groups is 1. The van der Waals surface area contributed by atoms with Crippen LogP contribution in [0.2, 0.25) is 0 Å². The van der Waals surface area contributed by atoms with Crippen LogP contribution in [0.5, 0.6) is 5.75 Å². The number of likely N-dealkylation sites (tertiary alicyclic amines) is 1. The van der Waals surface area contributed by atoms with Crippen molar-refractivity contribution in [1.82, 2.24) is 14.8 Å². The van der Waals surface area contributed by atoms with Gasteiger partial charge in [0.15, 0.2) is 0 Å². The zero-order chi connectivity index (χ0) is 21.5. The van der Waals surface area contributed by atoms with Crippen molar-refractivity contribution in [3.05, 3.63) is 54.2 Å². The Morgan fingerprint density at radius 2 is 1.81 bits per heavy atom. The number of anilines is 1. The van der Waals surface area contributed by atoms with Crippen molar-refractivity contribution in [2.45, 2.75) is 38.1 Å². The van der Waals surface area contributed by atoms with Crippen LogP contribution in [0, 0.1) is 0 Å². The molecule has 0 N–H and O–H groups in total. The molecule has 0 bridgehead atoms. The van der Waals surface area contributed by atoms with E-state index in [1.807, 2.05) is 41.4 Å². The molecule has 6 heteroatoms. The van der Waals surface area contributed by atoms with Gasteiger partial charge in [-0.3, -0.25) is 9.69 Å². The highest BCUT2D eigenvalue weighted by molar-refractivity contribution is 5.76. The molecule has 2 aliphatic rings. The number of hydrogen-bond donors (Lipinski definition) is 0. The number of nitrogens with zero attached hydrogens (tertiary/aromatic N) is 4. The van der Waals surface area contributed by atoms with Gasteiger partial charge in [-0.2, -0.15) is 0 Å². The maximum absolute atomic E-state index is 12.9. The summed E-state index contributed by atoms with van der Waals surface area (Å²) in [5.41, 5.74) is 1.33. The van der Waals surface area contributed by atoms with Gasteiger partial charge in [-0.1, -0.05) is 31.0 Å². The lowest BCUT2D eigenvalue weighted by atomic mass is 10.0. The quantitative estimate of drug-likeness (QED) is 0.710. The minimum atomic E-state index is 0.276. The fraction of sp³-hybridized carbons (Fsp3) is 0.520. The van der Waals surface area contributed by atoms with Crippen LogP contribution in [0.1, 0.15) is 43.7 Å². The lowest BCUT2D eigenvalue weighted by Crippen LogP contribution is -2.49. The molecule has 0 radical (unpaired) electrons. The first kappa shape index (κ1) is 21.6. The molecule has 0 spiro atoms. The maximum Gasteiger partial charge on any atom is 0.223 e. The third-order valence-electron chi connectivity index (χ3n) is 6.58. The summed E-state index contributed by atoms with van der Waals surface area (Å²) in [5.74, 6) is 2.17. The van der Waals surface area contributed by atoms with E-state index in [9.17, 15) is 4.79 Å². The van der Waals surface area contributed by atoms with Gasteiger partial charge >= 0.3 is 0 Å². The van der Waals surface area contributed by atoms with Gasteiger partial charge in [0.05, 0.1) is 7.11 Å². The third kappa shape index (κ3) is 5.56. The summed E-state index contributed by atoms with van der Waals surface area (Å²) in [6.07, 6.45) is 7.31. The van der Waals surface area contributed by atoms with Crippen molar-refractivity contribution >= 4 is 11.7 Å². The highest BCUT2D eigenvalue weighted by Gasteiger charge is 2.26. The average molecular weight is 423 g/mol. The number of hydrogen-bond acceptors (Lipinski definition) is 5. The van der Waals surface area contributed by atoms with Gasteiger partial charge in [0.1, 0.15) is 11.6 Å². The summed E-state index contributed by atoms with van der Waals surface area (Å²) >= 11 is 0. The van der Waals surface area contributed by atoms with E-state index in [-0.39, 0.29) is 5.91 Å². The molecule has 3 heterocycles. The zero-order valence-corrected chi connectivity index (χ0v) is 18.6. The average Bonchev–Trinajstić information content (AvgIpc) is 3.09. The van der Waals surface area contributed by atoms with Gasteiger partial charge in [-0.25, -0.2) is 4.98 Å². The van der Waals surface area contributed by atoms with Crippen LogP contribution >= 0.6 is 0 Å². The molecule has 2 saturated heterocycles. The normalized spacial score (nSPS) is 20.4. The number of amides is 1. The second-order valence-electron chi connectivity index (χ2n) is 8.48. The Balaban J connectivity index is 1.31. The van der Waals surface area contributed by atoms with Crippen LogP contribution in [0.4, 0.5) is 5.82 Å². The lowest BCUT2D eigenvalue weighted by Gasteiger charge is -2.36. The number of benzene rings is 1. The number of piperazine rings is 1. The van der Waals surface area contributed by atoms with Crippen LogP contribution < -0.4 is 9.64 Å². The number of methoxy groups -OCH3 is 1. The van der Waals surface area contributed by atoms with Crippen LogP contribution in [0.15, 0.2) is 48.7 Å². The smallest absolute Gasteiger partial charge is 0.223 e. The predicted octanol–water partition coefficient (Wildman–Crippen LogP) is 3.75. The SMILES string of the molecule is COc1ccc(C2CCCCCN2CCC(=O)N2CCN(c3ccccn3)CC2)cc1. The molecule has 1 amide bonds. The molecule has 1 aromatic heterocycles. The Morgan fingerprint density at radius 1 is 1.00 bits per heavy atom. The second-order valence-corrected chi connectivity index (χ2v) is 8.48. The highest BCUT2D eigenvalue weighted by Crippen LogP contribution is 2.31. The van der Waals surface area contributed by atoms with E-state index < -0.39 is 0 Å². The molecule has 0 aliphatic carbocycles. The molecule has 1 unspecified atom stereocenters. The van der Waals surface area contributed by atoms with Crippen molar-refractivity contribution in [2.24, 2.45) is 0 Å². The predicted molar refractivity (Wildman–Crippen MR) is 123 cm³/mol. The van der Waals surface area contributed by atoms with Crippen LogP contribution in [-0.2, 0) is 4.79 Å². The van der Waals surface area contributed by atoms with Crippen molar-refractivity contribution < 1.29 is 9.53 Å². The number of rotatable bonds is 6. The lowest BCUT2D eigenvalue weighted by molar-refractivity contribution is -0.132. The van der Waals surface area contributed by atoms with Crippen LogP contribution in [0.3, 0.4) is 0 Å². The van der Waals surface area contributed by atoms with E-state index in [2.05, 4.69) is 26.9 Å². The monoisotopic (exact) mass is 422 g/mol. The highest BCUT2D eigenvalue weighted by atomic mass is 16.5. The van der Waals surface area contributed by atoms with E-state index in [1.165, 1.54) is 24.8 Å². The standard InChI is InChI=1S/C25H34N4O2/c1-31-22-11-9-21(10-12-22)23-7-3-2-6-15-27(23)16-13-25(30)29-19-17-28(18-20-29)24-8-4-5-14-26-24/h4-5,8-12,14,23H,2-3,6-7,13,15-20H2,1H3. The molecule has 1 atom stereocenters. The summed E-state index contributed by atoms with van der Waals surface area (Å²) in [6.45, 7) is 5.14. The Kier molecular flexibility index (Phi) is 7.41. The van der Waals surface area contributed by atoms with Crippen molar-refractivity contribution in [3.63, 3.8) is 0 Å². The molecule has 4 rings (SSSR count). The van der Waals surface area contributed by atoms with E-state index >= 15 is 0 Å². The van der Waals surface area contributed by atoms with Crippen LogP contribution in [0.25, 0.3) is 0 Å². The molecular formula is C25H34N4O2. The van der Waals surface area contributed by atoms with Gasteiger partial charge in [-0.15, -0.1) is 0 Å². The Bertz CT molecular complexity index is 819. The van der Waals surface area contributed by atoms with E-state index in [1.54, 1.807) is 7.11 Å². The maximum atomic E-state index is 12.9. The van der Waals surface area contributed by atoms with E-state index in [0.29, 0.717) is 12.5 Å². The first-order valence-electron chi connectivity index (χ1n) is 11.6. The fourth-order valence-electron chi connectivity index (χ4n) is 4.76. The topological polar surface area (TPSA) is 48.9 Å². The first-order valence-corrected chi connectivity index (χ1v) is 11.6. The molecule has 2 aromatic rings. The minimum absolute atomic E-state index is 0.276. The summed E-state index contributed by atoms with van der Waals surface area (Å²) in [7, 11) is 1.70. The summed E-state index contributed by atoms with van der Waals surface area (Å²) < 4.78 is 5.32. The van der Waals surface area contributed by atoms with Crippen molar-refractivity contribution in [3.8, 4) is 5.75 Å². The fourth-order valence-corrected chi connectivity index (χ4v) is 4.76. The largest absolute Gasteiger partial charge is 0.497 e. The number of carbonyl (C=O) groups excluding carboxylic acids is 1. The minimum Gasteiger partial charge on any atom is -0.497 e. The van der Waals surface area contributed by atoms with Gasteiger partial charge in [0.2, 0.25) is 5.91 Å². The first-order chi connectivity index (χ1) is 15.2. The van der Waals surface area contributed by atoms with Gasteiger partial charge in [-0.05, 0) is 49.2 Å². The molecule has 6 nitrogen and oxygen atoms in total. The number of ether oxygens (including phenoxy) is 1. The number of aromatic nitrogens is 1. The Morgan fingerprint density at radius 3 is 2.52 bits per heavy atom. The van der Waals surface area contributed by atoms with E-state index in [4.69, 9.17) is 4.74 Å². The molecule has 2 aliphatic heterocycles. The number of pyridine rings is 1. The van der Waals surface area contributed by atoms with Crippen molar-refractivity contribution in [2.75, 3.05) is 51.3 Å². The van der Waals surface area contributed by atoms with E-state index in [0.717, 1.165) is 57.3 Å². The van der Waals surface area contributed by atoms with Crippen LogP contribution in [-0.4, -0.2) is 67.1 Å². The van der Waals surface area contributed by atoms with Gasteiger partial charge in [0, 0.05) is 51.4 Å². The summed E-state index contributed by atoms with van der Waals surface area (Å²) in [5, 5.41) is 0. The summed E-state index contributed by atoms with van der Waals surface area (Å²) in [4.78, 5) is 24.2. The van der Waals surface area contributed by atoms with Crippen molar-refractivity contribution in [1.29, 1.82) is 0 Å². The van der Waals surface area contributed by atoms with Gasteiger partial charge < -0.3 is 14.5 Å². The molecule has 31 heavy (non-hydrogen) atoms. The third-order valence-corrected chi connectivity index (χ3v) is 6.58. The molecular weight excluding hydrogens is 388 g/mol. The Hall–Kier alpha value is -2.60. The molecule has 166 valence electrons. The molecule has 2 fully saturated rings. The molecule has 0 saturated carbocycles. The Labute approximate surface area is 185 Å². The summed E-state index contributed by atoms with van der Waals surface area (Å²) in [6, 6.07) is 14.8. The molecule has 1 aromatic carbocycles. The van der Waals surface area contributed by atoms with Gasteiger partial charge in [0.25, 0.3) is 0 Å². The zero-order valence-electron chi connectivity index (χ0n) is 18.6. The second kappa shape index (κ2) is 10.6.